The predicted octanol–water partition coefficient (Wildman–Crippen LogP) is 1.62. The van der Waals surface area contributed by atoms with Gasteiger partial charge in [0.25, 0.3) is 5.69 Å². The lowest BCUT2D eigenvalue weighted by Gasteiger charge is -2.02. The van der Waals surface area contributed by atoms with E-state index in [0.717, 1.165) is 0 Å². The zero-order valence-corrected chi connectivity index (χ0v) is 9.74. The van der Waals surface area contributed by atoms with Crippen LogP contribution in [0.5, 0.6) is 0 Å². The van der Waals surface area contributed by atoms with Crippen molar-refractivity contribution in [3.63, 3.8) is 0 Å². The SMILES string of the molecule is Cc1cc2c(cc1[N+](=O)[O-])S(=O)(=O)C(C)C2. The van der Waals surface area contributed by atoms with Gasteiger partial charge in [-0.05, 0) is 31.9 Å². The first-order valence-electron chi connectivity index (χ1n) is 4.86. The van der Waals surface area contributed by atoms with Crippen molar-refractivity contribution in [2.75, 3.05) is 0 Å². The van der Waals surface area contributed by atoms with E-state index in [0.29, 0.717) is 17.5 Å². The van der Waals surface area contributed by atoms with Crippen molar-refractivity contribution >= 4 is 15.5 Å². The van der Waals surface area contributed by atoms with Crippen LogP contribution in [-0.2, 0) is 16.3 Å². The van der Waals surface area contributed by atoms with Crippen LogP contribution in [0.4, 0.5) is 5.69 Å². The number of aryl methyl sites for hydroxylation is 1. The highest BCUT2D eigenvalue weighted by molar-refractivity contribution is 7.92. The lowest BCUT2D eigenvalue weighted by Crippen LogP contribution is -2.11. The zero-order valence-electron chi connectivity index (χ0n) is 8.93. The van der Waals surface area contributed by atoms with Gasteiger partial charge in [0.2, 0.25) is 0 Å². The van der Waals surface area contributed by atoms with Crippen LogP contribution in [0, 0.1) is 17.0 Å². The molecule has 5 nitrogen and oxygen atoms in total. The maximum Gasteiger partial charge on any atom is 0.273 e. The van der Waals surface area contributed by atoms with Crippen molar-refractivity contribution in [3.8, 4) is 0 Å². The van der Waals surface area contributed by atoms with Gasteiger partial charge in [-0.3, -0.25) is 10.1 Å². The standard InChI is InChI=1S/C10H11NO4S/c1-6-3-8-4-7(2)16(14,15)10(8)5-9(6)11(12)13/h3,5,7H,4H2,1-2H3. The summed E-state index contributed by atoms with van der Waals surface area (Å²) in [6, 6.07) is 2.79. The average molecular weight is 241 g/mol. The van der Waals surface area contributed by atoms with Crippen LogP contribution >= 0.6 is 0 Å². The lowest BCUT2D eigenvalue weighted by molar-refractivity contribution is -0.385. The van der Waals surface area contributed by atoms with Gasteiger partial charge in [0.1, 0.15) is 0 Å². The van der Waals surface area contributed by atoms with E-state index < -0.39 is 20.0 Å². The van der Waals surface area contributed by atoms with Gasteiger partial charge in [-0.1, -0.05) is 0 Å². The van der Waals surface area contributed by atoms with Crippen molar-refractivity contribution in [2.45, 2.75) is 30.4 Å². The third-order valence-electron chi connectivity index (χ3n) is 2.92. The van der Waals surface area contributed by atoms with E-state index in [2.05, 4.69) is 0 Å². The third-order valence-corrected chi connectivity index (χ3v) is 5.14. The fourth-order valence-corrected chi connectivity index (χ4v) is 3.61. The van der Waals surface area contributed by atoms with E-state index in [1.54, 1.807) is 19.9 Å². The van der Waals surface area contributed by atoms with Crippen LogP contribution < -0.4 is 0 Å². The summed E-state index contributed by atoms with van der Waals surface area (Å²) in [5.74, 6) is 0. The molecule has 0 N–H and O–H groups in total. The van der Waals surface area contributed by atoms with E-state index in [-0.39, 0.29) is 10.6 Å². The van der Waals surface area contributed by atoms with E-state index in [1.807, 2.05) is 0 Å². The quantitative estimate of drug-likeness (QED) is 0.553. The molecular formula is C10H11NO4S. The summed E-state index contributed by atoms with van der Waals surface area (Å²) in [4.78, 5) is 10.3. The minimum absolute atomic E-state index is 0.123. The van der Waals surface area contributed by atoms with Crippen LogP contribution in [0.2, 0.25) is 0 Å². The van der Waals surface area contributed by atoms with Gasteiger partial charge in [-0.2, -0.15) is 0 Å². The molecule has 0 aliphatic carbocycles. The van der Waals surface area contributed by atoms with Crippen molar-refractivity contribution in [3.05, 3.63) is 33.4 Å². The number of nitrogens with zero attached hydrogens (tertiary/aromatic N) is 1. The molecule has 1 unspecified atom stereocenters. The molecule has 1 atom stereocenters. The van der Waals surface area contributed by atoms with Gasteiger partial charge in [0.15, 0.2) is 9.84 Å². The summed E-state index contributed by atoms with van der Waals surface area (Å²) in [6.07, 6.45) is 0.441. The second kappa shape index (κ2) is 3.28. The molecule has 0 amide bonds. The van der Waals surface area contributed by atoms with Gasteiger partial charge in [0.05, 0.1) is 15.1 Å². The molecule has 0 saturated heterocycles. The number of hydrogen-bond donors (Lipinski definition) is 0. The maximum absolute atomic E-state index is 11.8. The van der Waals surface area contributed by atoms with Crippen LogP contribution in [0.15, 0.2) is 17.0 Å². The molecule has 1 aliphatic rings. The Morgan fingerprint density at radius 3 is 2.62 bits per heavy atom. The zero-order chi connectivity index (χ0) is 12.1. The summed E-state index contributed by atoms with van der Waals surface area (Å²) in [7, 11) is -3.36. The van der Waals surface area contributed by atoms with Crippen molar-refractivity contribution in [1.29, 1.82) is 0 Å². The molecule has 1 heterocycles. The Hall–Kier alpha value is -1.43. The number of hydrogen-bond acceptors (Lipinski definition) is 4. The molecule has 16 heavy (non-hydrogen) atoms. The fraction of sp³-hybridized carbons (Fsp3) is 0.400. The van der Waals surface area contributed by atoms with Gasteiger partial charge >= 0.3 is 0 Å². The molecule has 1 aromatic rings. The number of sulfone groups is 1. The first-order chi connectivity index (χ1) is 7.34. The Bertz CT molecular complexity index is 577. The predicted molar refractivity (Wildman–Crippen MR) is 58.2 cm³/mol. The molecule has 2 rings (SSSR count). The van der Waals surface area contributed by atoms with Gasteiger partial charge in [-0.25, -0.2) is 8.42 Å². The highest BCUT2D eigenvalue weighted by Gasteiger charge is 2.35. The number of rotatable bonds is 1. The number of nitro benzene ring substituents is 1. The second-order valence-corrected chi connectivity index (χ2v) is 6.40. The molecule has 0 saturated carbocycles. The van der Waals surface area contributed by atoms with Crippen LogP contribution in [0.3, 0.4) is 0 Å². The molecule has 0 radical (unpaired) electrons. The first-order valence-corrected chi connectivity index (χ1v) is 6.40. The smallest absolute Gasteiger partial charge is 0.258 e. The van der Waals surface area contributed by atoms with Gasteiger partial charge in [-0.15, -0.1) is 0 Å². The number of fused-ring (bicyclic) bond motifs is 1. The van der Waals surface area contributed by atoms with Crippen LogP contribution in [0.1, 0.15) is 18.1 Å². The fourth-order valence-electron chi connectivity index (χ4n) is 1.99. The summed E-state index contributed by atoms with van der Waals surface area (Å²) < 4.78 is 23.7. The Morgan fingerprint density at radius 2 is 2.06 bits per heavy atom. The van der Waals surface area contributed by atoms with E-state index in [4.69, 9.17) is 0 Å². The summed E-state index contributed by atoms with van der Waals surface area (Å²) in [5.41, 5.74) is 1.07. The number of benzene rings is 1. The van der Waals surface area contributed by atoms with Gasteiger partial charge < -0.3 is 0 Å². The minimum atomic E-state index is -3.36. The molecule has 0 aromatic heterocycles. The van der Waals surface area contributed by atoms with E-state index >= 15 is 0 Å². The van der Waals surface area contributed by atoms with E-state index in [9.17, 15) is 18.5 Å². The summed E-state index contributed by atoms with van der Waals surface area (Å²) in [5, 5.41) is 10.2. The topological polar surface area (TPSA) is 77.3 Å². The van der Waals surface area contributed by atoms with Crippen LogP contribution in [0.25, 0.3) is 0 Å². The number of nitro groups is 1. The molecule has 6 heteroatoms. The highest BCUT2D eigenvalue weighted by Crippen LogP contribution is 2.35. The second-order valence-electron chi connectivity index (χ2n) is 4.06. The summed E-state index contributed by atoms with van der Waals surface area (Å²) in [6.45, 7) is 3.24. The molecule has 1 aliphatic heterocycles. The Morgan fingerprint density at radius 1 is 1.44 bits per heavy atom. The molecule has 0 spiro atoms. The van der Waals surface area contributed by atoms with Crippen molar-refractivity contribution < 1.29 is 13.3 Å². The summed E-state index contributed by atoms with van der Waals surface area (Å²) >= 11 is 0. The average Bonchev–Trinajstić information content (AvgIpc) is 2.36. The lowest BCUT2D eigenvalue weighted by atomic mass is 10.1. The molecule has 1 aromatic carbocycles. The molecule has 0 bridgehead atoms. The molecular weight excluding hydrogens is 230 g/mol. The Balaban J connectivity index is 2.73. The monoisotopic (exact) mass is 241 g/mol. The van der Waals surface area contributed by atoms with E-state index in [1.165, 1.54) is 6.07 Å². The maximum atomic E-state index is 11.8. The molecule has 0 fully saturated rings. The van der Waals surface area contributed by atoms with Crippen LogP contribution in [-0.4, -0.2) is 18.6 Å². The third kappa shape index (κ3) is 1.41. The Labute approximate surface area is 93.2 Å². The molecule has 86 valence electrons. The van der Waals surface area contributed by atoms with Crippen molar-refractivity contribution in [2.24, 2.45) is 0 Å². The minimum Gasteiger partial charge on any atom is -0.258 e. The van der Waals surface area contributed by atoms with Crippen molar-refractivity contribution in [1.82, 2.24) is 0 Å². The highest BCUT2D eigenvalue weighted by atomic mass is 32.2. The first kappa shape index (κ1) is 11.1. The van der Waals surface area contributed by atoms with Gasteiger partial charge in [0, 0.05) is 11.6 Å². The normalized spacial score (nSPS) is 21.8. The largest absolute Gasteiger partial charge is 0.273 e. The Kier molecular flexibility index (Phi) is 2.27.